The monoisotopic (exact) mass is 352 g/mol. The van der Waals surface area contributed by atoms with Crippen molar-refractivity contribution in [1.82, 2.24) is 0 Å². The SMILES string of the molecule is CC.CO.N=C(C1=NOCCO1)c1ccccc1OC1CCCCO1. The first-order valence-electron chi connectivity index (χ1n) is 8.58. The number of nitrogens with zero attached hydrogens (tertiary/aromatic N) is 1. The standard InChI is InChI=1S/C15H18N2O4.C2H6.CH4O/c16-14(15-17-20-10-9-19-15)11-5-1-2-6-12(11)21-13-7-3-4-8-18-13;2*1-2/h1-2,5-6,13,16H,3-4,7-10H2;1-2H3;2H,1H3. The van der Waals surface area contributed by atoms with Gasteiger partial charge in [0.2, 0.25) is 0 Å². The van der Waals surface area contributed by atoms with Crippen LogP contribution in [0.25, 0.3) is 0 Å². The van der Waals surface area contributed by atoms with Crippen LogP contribution in [0.4, 0.5) is 0 Å². The highest BCUT2D eigenvalue weighted by atomic mass is 16.7. The predicted molar refractivity (Wildman–Crippen MR) is 96.3 cm³/mol. The normalized spacial score (nSPS) is 18.7. The number of nitrogens with one attached hydrogen (secondary N) is 1. The number of ether oxygens (including phenoxy) is 3. The highest BCUT2D eigenvalue weighted by Crippen LogP contribution is 2.24. The number of hydrogen-bond donors (Lipinski definition) is 2. The van der Waals surface area contributed by atoms with Crippen molar-refractivity contribution in [3.63, 3.8) is 0 Å². The minimum atomic E-state index is -0.252. The molecule has 1 unspecified atom stereocenters. The van der Waals surface area contributed by atoms with E-state index in [0.29, 0.717) is 31.1 Å². The molecule has 7 heteroatoms. The summed E-state index contributed by atoms with van der Waals surface area (Å²) in [5.41, 5.74) is 0.775. The van der Waals surface area contributed by atoms with Crippen molar-refractivity contribution < 1.29 is 24.2 Å². The van der Waals surface area contributed by atoms with Crippen LogP contribution >= 0.6 is 0 Å². The molecule has 7 nitrogen and oxygen atoms in total. The largest absolute Gasteiger partial charge is 0.470 e. The highest BCUT2D eigenvalue weighted by molar-refractivity contribution is 6.44. The van der Waals surface area contributed by atoms with E-state index in [1.54, 1.807) is 6.07 Å². The third kappa shape index (κ3) is 6.36. The zero-order valence-corrected chi connectivity index (χ0v) is 15.2. The van der Waals surface area contributed by atoms with E-state index in [9.17, 15) is 0 Å². The summed E-state index contributed by atoms with van der Waals surface area (Å²) in [6.07, 6.45) is 2.77. The molecule has 2 aliphatic heterocycles. The molecule has 1 atom stereocenters. The Balaban J connectivity index is 0.000000730. The van der Waals surface area contributed by atoms with Crippen molar-refractivity contribution in [3.05, 3.63) is 29.8 Å². The molecule has 2 heterocycles. The summed E-state index contributed by atoms with van der Waals surface area (Å²) in [6, 6.07) is 7.35. The summed E-state index contributed by atoms with van der Waals surface area (Å²) in [5, 5.41) is 19.0. The fraction of sp³-hybridized carbons (Fsp3) is 0.556. The van der Waals surface area contributed by atoms with Gasteiger partial charge in [-0.3, -0.25) is 5.41 Å². The lowest BCUT2D eigenvalue weighted by Crippen LogP contribution is -2.28. The summed E-state index contributed by atoms with van der Waals surface area (Å²) in [5.74, 6) is 0.785. The lowest BCUT2D eigenvalue weighted by atomic mass is 10.1. The molecule has 0 aliphatic carbocycles. The van der Waals surface area contributed by atoms with Gasteiger partial charge in [-0.25, -0.2) is 0 Å². The second-order valence-corrected chi connectivity index (χ2v) is 4.86. The second kappa shape index (κ2) is 12.3. The first-order chi connectivity index (χ1) is 12.3. The van der Waals surface area contributed by atoms with Crippen molar-refractivity contribution in [2.45, 2.75) is 39.4 Å². The van der Waals surface area contributed by atoms with Gasteiger partial charge < -0.3 is 24.2 Å². The Morgan fingerprint density at radius 3 is 2.56 bits per heavy atom. The third-order valence-corrected chi connectivity index (χ3v) is 3.33. The number of benzene rings is 1. The van der Waals surface area contributed by atoms with Crippen LogP contribution in [-0.2, 0) is 14.3 Å². The molecule has 1 aromatic rings. The second-order valence-electron chi connectivity index (χ2n) is 4.86. The van der Waals surface area contributed by atoms with Crippen molar-refractivity contribution in [2.75, 3.05) is 26.9 Å². The zero-order valence-electron chi connectivity index (χ0n) is 15.2. The average molecular weight is 352 g/mol. The van der Waals surface area contributed by atoms with Crippen LogP contribution < -0.4 is 4.74 Å². The maximum Gasteiger partial charge on any atom is 0.276 e. The van der Waals surface area contributed by atoms with Crippen LogP contribution in [0.1, 0.15) is 38.7 Å². The van der Waals surface area contributed by atoms with Gasteiger partial charge in [0.05, 0.1) is 6.61 Å². The van der Waals surface area contributed by atoms with Crippen molar-refractivity contribution in [1.29, 1.82) is 5.41 Å². The van der Waals surface area contributed by atoms with E-state index in [-0.39, 0.29) is 17.9 Å². The molecule has 1 aromatic carbocycles. The molecule has 1 fully saturated rings. The van der Waals surface area contributed by atoms with Gasteiger partial charge in [0.25, 0.3) is 5.90 Å². The molecule has 0 bridgehead atoms. The molecule has 25 heavy (non-hydrogen) atoms. The maximum atomic E-state index is 8.23. The number of rotatable bonds is 4. The van der Waals surface area contributed by atoms with Crippen molar-refractivity contribution >= 4 is 11.6 Å². The van der Waals surface area contributed by atoms with Gasteiger partial charge in [0.1, 0.15) is 18.1 Å². The highest BCUT2D eigenvalue weighted by Gasteiger charge is 2.22. The first-order valence-corrected chi connectivity index (χ1v) is 8.58. The average Bonchev–Trinajstić information content (AvgIpc) is 2.72. The summed E-state index contributed by atoms with van der Waals surface area (Å²) in [7, 11) is 1.00. The van der Waals surface area contributed by atoms with Gasteiger partial charge in [-0.2, -0.15) is 0 Å². The van der Waals surface area contributed by atoms with Crippen LogP contribution in [0.5, 0.6) is 5.75 Å². The lowest BCUT2D eigenvalue weighted by Gasteiger charge is -2.24. The molecular weight excluding hydrogens is 324 g/mol. The van der Waals surface area contributed by atoms with Crippen LogP contribution in [0.15, 0.2) is 29.4 Å². The minimum absolute atomic E-state index is 0.154. The smallest absolute Gasteiger partial charge is 0.276 e. The zero-order chi connectivity index (χ0) is 18.5. The van der Waals surface area contributed by atoms with Gasteiger partial charge in [0, 0.05) is 19.1 Å². The van der Waals surface area contributed by atoms with Crippen LogP contribution in [-0.4, -0.2) is 49.9 Å². The van der Waals surface area contributed by atoms with E-state index in [0.717, 1.165) is 26.4 Å². The van der Waals surface area contributed by atoms with Gasteiger partial charge in [-0.05, 0) is 30.1 Å². The minimum Gasteiger partial charge on any atom is -0.470 e. The molecule has 2 N–H and O–H groups in total. The molecule has 1 saturated heterocycles. The number of hydrogen-bond acceptors (Lipinski definition) is 7. The van der Waals surface area contributed by atoms with E-state index in [1.165, 1.54) is 0 Å². The van der Waals surface area contributed by atoms with E-state index >= 15 is 0 Å². The fourth-order valence-electron chi connectivity index (χ4n) is 2.26. The molecule has 3 rings (SSSR count). The first kappa shape index (κ1) is 20.9. The van der Waals surface area contributed by atoms with Gasteiger partial charge >= 0.3 is 0 Å². The molecule has 2 aliphatic rings. The van der Waals surface area contributed by atoms with Crippen LogP contribution in [0.2, 0.25) is 0 Å². The Kier molecular flexibility index (Phi) is 10.3. The van der Waals surface area contributed by atoms with Gasteiger partial charge in [0.15, 0.2) is 12.9 Å². The lowest BCUT2D eigenvalue weighted by molar-refractivity contribution is -0.105. The Morgan fingerprint density at radius 2 is 1.92 bits per heavy atom. The van der Waals surface area contributed by atoms with E-state index < -0.39 is 0 Å². The molecule has 0 spiro atoms. The summed E-state index contributed by atoms with van der Waals surface area (Å²) < 4.78 is 16.8. The van der Waals surface area contributed by atoms with Gasteiger partial charge in [-0.1, -0.05) is 26.0 Å². The Hall–Kier alpha value is -2.12. The van der Waals surface area contributed by atoms with Crippen LogP contribution in [0, 0.1) is 5.41 Å². The molecule has 0 radical (unpaired) electrons. The number of oxime groups is 1. The maximum absolute atomic E-state index is 8.23. The third-order valence-electron chi connectivity index (χ3n) is 3.33. The van der Waals surface area contributed by atoms with E-state index in [4.69, 9.17) is 29.6 Å². The Bertz CT molecular complexity index is 542. The summed E-state index contributed by atoms with van der Waals surface area (Å²) >= 11 is 0. The van der Waals surface area contributed by atoms with E-state index in [1.807, 2.05) is 32.0 Å². The number of aliphatic hydroxyl groups excluding tert-OH is 1. The summed E-state index contributed by atoms with van der Waals surface area (Å²) in [6.45, 7) is 5.52. The number of aliphatic hydroxyl groups is 1. The molecule has 0 amide bonds. The molecular formula is C18H28N2O5. The topological polar surface area (TPSA) is 93.4 Å². The molecule has 0 saturated carbocycles. The Labute approximate surface area is 149 Å². The Morgan fingerprint density at radius 1 is 1.16 bits per heavy atom. The fourth-order valence-corrected chi connectivity index (χ4v) is 2.26. The summed E-state index contributed by atoms with van der Waals surface area (Å²) in [4.78, 5) is 4.97. The van der Waals surface area contributed by atoms with E-state index in [2.05, 4.69) is 5.16 Å². The van der Waals surface area contributed by atoms with Crippen molar-refractivity contribution in [3.8, 4) is 5.75 Å². The molecule has 140 valence electrons. The molecule has 0 aromatic heterocycles. The number of para-hydroxylation sites is 1. The van der Waals surface area contributed by atoms with Gasteiger partial charge in [-0.15, -0.1) is 0 Å². The predicted octanol–water partition coefficient (Wildman–Crippen LogP) is 2.95. The van der Waals surface area contributed by atoms with Crippen LogP contribution in [0.3, 0.4) is 0 Å². The van der Waals surface area contributed by atoms with Crippen molar-refractivity contribution in [2.24, 2.45) is 5.16 Å². The quantitative estimate of drug-likeness (QED) is 0.813.